The first-order chi connectivity index (χ1) is 11.1. The number of aliphatic carboxylic acids is 2. The summed E-state index contributed by atoms with van der Waals surface area (Å²) < 4.78 is 0. The lowest BCUT2D eigenvalue weighted by Gasteiger charge is -2.11. The van der Waals surface area contributed by atoms with Crippen molar-refractivity contribution in [3.8, 4) is 0 Å². The summed E-state index contributed by atoms with van der Waals surface area (Å²) >= 11 is 0. The lowest BCUT2D eigenvalue weighted by molar-refractivity contribution is -0.138. The summed E-state index contributed by atoms with van der Waals surface area (Å²) in [6.45, 7) is 2.08. The molecule has 0 fully saturated rings. The van der Waals surface area contributed by atoms with Crippen LogP contribution in [0.25, 0.3) is 0 Å². The molecule has 2 N–H and O–H groups in total. The van der Waals surface area contributed by atoms with Gasteiger partial charge in [-0.05, 0) is 18.8 Å². The van der Waals surface area contributed by atoms with Crippen LogP contribution in [0.5, 0.6) is 0 Å². The number of carboxylic acids is 2. The number of carboxylic acid groups (broad SMARTS) is 2. The van der Waals surface area contributed by atoms with Crippen LogP contribution >= 0.6 is 0 Å². The van der Waals surface area contributed by atoms with Crippen LogP contribution < -0.4 is 0 Å². The zero-order valence-corrected chi connectivity index (χ0v) is 14.9. The molecular formula is C19H36O4. The van der Waals surface area contributed by atoms with Crippen LogP contribution in [0.3, 0.4) is 0 Å². The highest BCUT2D eigenvalue weighted by Gasteiger charge is 2.10. The zero-order valence-electron chi connectivity index (χ0n) is 14.9. The average Bonchev–Trinajstić information content (AvgIpc) is 2.49. The van der Waals surface area contributed by atoms with Gasteiger partial charge in [0, 0.05) is 12.8 Å². The lowest BCUT2D eigenvalue weighted by Crippen LogP contribution is -2.06. The Labute approximate surface area is 141 Å². The van der Waals surface area contributed by atoms with Crippen LogP contribution in [0.2, 0.25) is 0 Å². The fraction of sp³-hybridized carbons (Fsp3) is 0.895. The fourth-order valence-corrected chi connectivity index (χ4v) is 3.00. The summed E-state index contributed by atoms with van der Waals surface area (Å²) in [5.74, 6) is -0.994. The topological polar surface area (TPSA) is 74.6 Å². The summed E-state index contributed by atoms with van der Waals surface area (Å²) in [7, 11) is 0. The molecule has 0 saturated carbocycles. The van der Waals surface area contributed by atoms with Crippen LogP contribution in [0.1, 0.15) is 103 Å². The van der Waals surface area contributed by atoms with Gasteiger partial charge in [-0.3, -0.25) is 9.59 Å². The van der Waals surface area contributed by atoms with Gasteiger partial charge in [0.25, 0.3) is 0 Å². The van der Waals surface area contributed by atoms with Crippen molar-refractivity contribution >= 4 is 11.9 Å². The van der Waals surface area contributed by atoms with Gasteiger partial charge in [0.1, 0.15) is 0 Å². The van der Waals surface area contributed by atoms with Gasteiger partial charge in [0.05, 0.1) is 0 Å². The van der Waals surface area contributed by atoms with Crippen LogP contribution in [-0.2, 0) is 9.59 Å². The molecule has 0 heterocycles. The van der Waals surface area contributed by atoms with Crippen LogP contribution in [0.4, 0.5) is 0 Å². The van der Waals surface area contributed by atoms with Gasteiger partial charge in [-0.15, -0.1) is 0 Å². The van der Waals surface area contributed by atoms with E-state index in [1.807, 2.05) is 0 Å². The molecule has 136 valence electrons. The number of hydrogen-bond donors (Lipinski definition) is 2. The molecule has 0 aliphatic carbocycles. The Morgan fingerprint density at radius 3 is 1.52 bits per heavy atom. The van der Waals surface area contributed by atoms with Crippen molar-refractivity contribution in [2.75, 3.05) is 0 Å². The number of hydrogen-bond acceptors (Lipinski definition) is 2. The first-order valence-electron chi connectivity index (χ1n) is 9.49. The summed E-state index contributed by atoms with van der Waals surface area (Å²) in [6.07, 6.45) is 15.7. The van der Waals surface area contributed by atoms with Gasteiger partial charge >= 0.3 is 11.9 Å². The zero-order chi connectivity index (χ0) is 17.3. The standard InChI is InChI=1S/C19H36O4/c1-2-17(16-19(22)23)14-12-10-8-6-4-3-5-7-9-11-13-15-18(20)21/h17H,2-16H2,1H3,(H,20,21)(H,22,23). The van der Waals surface area contributed by atoms with Crippen molar-refractivity contribution < 1.29 is 19.8 Å². The van der Waals surface area contributed by atoms with E-state index in [4.69, 9.17) is 10.2 Å². The van der Waals surface area contributed by atoms with E-state index in [0.717, 1.165) is 38.5 Å². The molecule has 4 nitrogen and oxygen atoms in total. The minimum absolute atomic E-state index is 0.311. The average molecular weight is 328 g/mol. The van der Waals surface area contributed by atoms with E-state index >= 15 is 0 Å². The SMILES string of the molecule is CCC(CCCCCCCCCCCCCC(=O)O)CC(=O)O. The van der Waals surface area contributed by atoms with Gasteiger partial charge in [0.2, 0.25) is 0 Å². The second-order valence-corrected chi connectivity index (χ2v) is 6.69. The second-order valence-electron chi connectivity index (χ2n) is 6.69. The molecule has 0 aromatic carbocycles. The molecule has 23 heavy (non-hydrogen) atoms. The molecule has 0 aliphatic rings. The maximum atomic E-state index is 10.7. The minimum Gasteiger partial charge on any atom is -0.481 e. The fourth-order valence-electron chi connectivity index (χ4n) is 3.00. The first-order valence-corrected chi connectivity index (χ1v) is 9.49. The molecule has 0 rings (SSSR count). The Morgan fingerprint density at radius 2 is 1.13 bits per heavy atom. The molecule has 1 atom stereocenters. The lowest BCUT2D eigenvalue weighted by atomic mass is 9.95. The molecule has 0 bridgehead atoms. The van der Waals surface area contributed by atoms with E-state index in [1.54, 1.807) is 0 Å². The molecule has 0 saturated heterocycles. The Bertz CT molecular complexity index is 302. The molecule has 4 heteroatoms. The third-order valence-electron chi connectivity index (χ3n) is 4.54. The molecule has 0 radical (unpaired) electrons. The summed E-state index contributed by atoms with van der Waals surface area (Å²) in [5.41, 5.74) is 0. The maximum absolute atomic E-state index is 10.7. The quantitative estimate of drug-likeness (QED) is 0.339. The van der Waals surface area contributed by atoms with Crippen molar-refractivity contribution in [1.82, 2.24) is 0 Å². The maximum Gasteiger partial charge on any atom is 0.303 e. The van der Waals surface area contributed by atoms with Crippen molar-refractivity contribution in [2.24, 2.45) is 5.92 Å². The Morgan fingerprint density at radius 1 is 0.696 bits per heavy atom. The minimum atomic E-state index is -0.682. The van der Waals surface area contributed by atoms with Gasteiger partial charge in [0.15, 0.2) is 0 Å². The Balaban J connectivity index is 3.21. The Hall–Kier alpha value is -1.06. The summed E-state index contributed by atoms with van der Waals surface area (Å²) in [5, 5.41) is 17.3. The highest BCUT2D eigenvalue weighted by Crippen LogP contribution is 2.18. The van der Waals surface area contributed by atoms with E-state index in [-0.39, 0.29) is 0 Å². The Kier molecular flexibility index (Phi) is 15.1. The van der Waals surface area contributed by atoms with E-state index in [0.29, 0.717) is 18.8 Å². The number of unbranched alkanes of at least 4 members (excludes halogenated alkanes) is 10. The molecule has 1 unspecified atom stereocenters. The monoisotopic (exact) mass is 328 g/mol. The molecule has 0 aromatic rings. The second kappa shape index (κ2) is 15.8. The van der Waals surface area contributed by atoms with Crippen LogP contribution in [0.15, 0.2) is 0 Å². The van der Waals surface area contributed by atoms with Crippen LogP contribution in [0, 0.1) is 5.92 Å². The summed E-state index contributed by atoms with van der Waals surface area (Å²) in [4.78, 5) is 21.0. The molecule has 0 aromatic heterocycles. The van der Waals surface area contributed by atoms with Crippen LogP contribution in [-0.4, -0.2) is 22.2 Å². The van der Waals surface area contributed by atoms with E-state index in [2.05, 4.69) is 6.92 Å². The third kappa shape index (κ3) is 17.1. The first kappa shape index (κ1) is 21.9. The smallest absolute Gasteiger partial charge is 0.303 e. The molecular weight excluding hydrogens is 292 g/mol. The van der Waals surface area contributed by atoms with Gasteiger partial charge in [-0.1, -0.05) is 77.6 Å². The van der Waals surface area contributed by atoms with E-state index < -0.39 is 11.9 Å². The normalized spacial score (nSPS) is 12.2. The van der Waals surface area contributed by atoms with Crippen molar-refractivity contribution in [3.63, 3.8) is 0 Å². The van der Waals surface area contributed by atoms with Crippen molar-refractivity contribution in [1.29, 1.82) is 0 Å². The molecule has 0 aliphatic heterocycles. The summed E-state index contributed by atoms with van der Waals surface area (Å²) in [6, 6.07) is 0. The van der Waals surface area contributed by atoms with E-state index in [1.165, 1.54) is 44.9 Å². The van der Waals surface area contributed by atoms with Crippen molar-refractivity contribution in [3.05, 3.63) is 0 Å². The van der Waals surface area contributed by atoms with E-state index in [9.17, 15) is 9.59 Å². The predicted octanol–water partition coefficient (Wildman–Crippen LogP) is 5.64. The van der Waals surface area contributed by atoms with Crippen molar-refractivity contribution in [2.45, 2.75) is 103 Å². The molecule has 0 spiro atoms. The van der Waals surface area contributed by atoms with Gasteiger partial charge in [-0.2, -0.15) is 0 Å². The highest BCUT2D eigenvalue weighted by molar-refractivity contribution is 5.67. The number of rotatable bonds is 17. The third-order valence-corrected chi connectivity index (χ3v) is 4.54. The highest BCUT2D eigenvalue weighted by atomic mass is 16.4. The van der Waals surface area contributed by atoms with Gasteiger partial charge in [-0.25, -0.2) is 0 Å². The number of carbonyl (C=O) groups is 2. The van der Waals surface area contributed by atoms with Gasteiger partial charge < -0.3 is 10.2 Å². The molecule has 0 amide bonds. The predicted molar refractivity (Wildman–Crippen MR) is 93.7 cm³/mol. The largest absolute Gasteiger partial charge is 0.481 e.